The van der Waals surface area contributed by atoms with E-state index in [1.807, 2.05) is 19.1 Å². The molecule has 1 saturated heterocycles. The van der Waals surface area contributed by atoms with Crippen LogP contribution in [0.25, 0.3) is 0 Å². The molecule has 2 unspecified atom stereocenters. The lowest BCUT2D eigenvalue weighted by Gasteiger charge is -2.39. The predicted octanol–water partition coefficient (Wildman–Crippen LogP) is 3.09. The van der Waals surface area contributed by atoms with Gasteiger partial charge in [-0.3, -0.25) is 0 Å². The summed E-state index contributed by atoms with van der Waals surface area (Å²) in [6, 6.07) is 8.76. The van der Waals surface area contributed by atoms with Crippen molar-refractivity contribution in [1.29, 1.82) is 0 Å². The Morgan fingerprint density at radius 3 is 2.89 bits per heavy atom. The van der Waals surface area contributed by atoms with E-state index in [-0.39, 0.29) is 5.60 Å². The SMILES string of the molecule is CCNC1CCOC(C)(c2ccccc2OCC)C1. The summed E-state index contributed by atoms with van der Waals surface area (Å²) >= 11 is 0. The van der Waals surface area contributed by atoms with Crippen LogP contribution in [0.4, 0.5) is 0 Å². The lowest BCUT2D eigenvalue weighted by atomic mass is 9.85. The van der Waals surface area contributed by atoms with Gasteiger partial charge in [0.2, 0.25) is 0 Å². The Morgan fingerprint density at radius 1 is 1.37 bits per heavy atom. The summed E-state index contributed by atoms with van der Waals surface area (Å²) in [5, 5.41) is 3.54. The van der Waals surface area contributed by atoms with Crippen molar-refractivity contribution in [2.45, 2.75) is 45.3 Å². The molecule has 0 saturated carbocycles. The topological polar surface area (TPSA) is 30.5 Å². The predicted molar refractivity (Wildman–Crippen MR) is 77.6 cm³/mol. The van der Waals surface area contributed by atoms with E-state index in [9.17, 15) is 0 Å². The Bertz CT molecular complexity index is 405. The minimum Gasteiger partial charge on any atom is -0.493 e. The van der Waals surface area contributed by atoms with Crippen molar-refractivity contribution in [3.05, 3.63) is 29.8 Å². The van der Waals surface area contributed by atoms with Crippen LogP contribution in [0.1, 0.15) is 39.2 Å². The lowest BCUT2D eigenvalue weighted by Crippen LogP contribution is -2.43. The number of nitrogens with one attached hydrogen (secondary N) is 1. The molecule has 19 heavy (non-hydrogen) atoms. The first-order valence-corrected chi connectivity index (χ1v) is 7.29. The monoisotopic (exact) mass is 263 g/mol. The first-order chi connectivity index (χ1) is 9.19. The molecule has 1 aromatic rings. The summed E-state index contributed by atoms with van der Waals surface area (Å²) < 4.78 is 11.8. The van der Waals surface area contributed by atoms with Gasteiger partial charge in [-0.2, -0.15) is 0 Å². The summed E-state index contributed by atoms with van der Waals surface area (Å²) in [4.78, 5) is 0. The second kappa shape index (κ2) is 6.40. The maximum atomic E-state index is 6.10. The molecule has 0 bridgehead atoms. The molecule has 2 rings (SSSR count). The van der Waals surface area contributed by atoms with Crippen molar-refractivity contribution in [1.82, 2.24) is 5.32 Å². The zero-order valence-corrected chi connectivity index (χ0v) is 12.2. The van der Waals surface area contributed by atoms with Crippen molar-refractivity contribution in [2.75, 3.05) is 19.8 Å². The largest absolute Gasteiger partial charge is 0.493 e. The van der Waals surface area contributed by atoms with Gasteiger partial charge in [0.05, 0.1) is 12.2 Å². The van der Waals surface area contributed by atoms with Crippen LogP contribution in [0.5, 0.6) is 5.75 Å². The standard InChI is InChI=1S/C16H25NO2/c1-4-17-13-10-11-19-16(3,12-13)14-8-6-7-9-15(14)18-5-2/h6-9,13,17H,4-5,10-12H2,1-3H3. The van der Waals surface area contributed by atoms with Gasteiger partial charge in [0, 0.05) is 18.2 Å². The average molecular weight is 263 g/mol. The highest BCUT2D eigenvalue weighted by atomic mass is 16.5. The van der Waals surface area contributed by atoms with Gasteiger partial charge in [-0.25, -0.2) is 0 Å². The molecule has 0 spiro atoms. The summed E-state index contributed by atoms with van der Waals surface area (Å²) in [5.41, 5.74) is 0.913. The minimum absolute atomic E-state index is 0.253. The van der Waals surface area contributed by atoms with Crippen molar-refractivity contribution in [2.24, 2.45) is 0 Å². The molecule has 1 fully saturated rings. The van der Waals surface area contributed by atoms with Gasteiger partial charge in [-0.15, -0.1) is 0 Å². The van der Waals surface area contributed by atoms with Crippen molar-refractivity contribution >= 4 is 0 Å². The Morgan fingerprint density at radius 2 is 2.16 bits per heavy atom. The van der Waals surface area contributed by atoms with Crippen LogP contribution in [0.3, 0.4) is 0 Å². The van der Waals surface area contributed by atoms with Crippen LogP contribution in [0.15, 0.2) is 24.3 Å². The van der Waals surface area contributed by atoms with E-state index in [0.29, 0.717) is 12.6 Å². The molecule has 1 aliphatic heterocycles. The smallest absolute Gasteiger partial charge is 0.125 e. The van der Waals surface area contributed by atoms with E-state index in [2.05, 4.69) is 31.3 Å². The minimum atomic E-state index is -0.253. The van der Waals surface area contributed by atoms with E-state index in [4.69, 9.17) is 9.47 Å². The first kappa shape index (κ1) is 14.4. The van der Waals surface area contributed by atoms with E-state index < -0.39 is 0 Å². The van der Waals surface area contributed by atoms with Crippen LogP contribution in [0, 0.1) is 0 Å². The average Bonchev–Trinajstić information content (AvgIpc) is 2.40. The van der Waals surface area contributed by atoms with Crippen LogP contribution >= 0.6 is 0 Å². The number of benzene rings is 1. The van der Waals surface area contributed by atoms with E-state index >= 15 is 0 Å². The van der Waals surface area contributed by atoms with Crippen molar-refractivity contribution in [3.63, 3.8) is 0 Å². The quantitative estimate of drug-likeness (QED) is 0.885. The molecular formula is C16H25NO2. The molecule has 1 aliphatic rings. The van der Waals surface area contributed by atoms with Crippen molar-refractivity contribution in [3.8, 4) is 5.75 Å². The molecule has 3 nitrogen and oxygen atoms in total. The van der Waals surface area contributed by atoms with Crippen LogP contribution in [-0.4, -0.2) is 25.8 Å². The van der Waals surface area contributed by atoms with Crippen LogP contribution < -0.4 is 10.1 Å². The van der Waals surface area contributed by atoms with E-state index in [0.717, 1.165) is 31.7 Å². The van der Waals surface area contributed by atoms with Gasteiger partial charge in [0.15, 0.2) is 0 Å². The highest BCUT2D eigenvalue weighted by Gasteiger charge is 2.36. The molecule has 106 valence electrons. The van der Waals surface area contributed by atoms with Gasteiger partial charge < -0.3 is 14.8 Å². The fourth-order valence-electron chi connectivity index (χ4n) is 2.89. The Balaban J connectivity index is 2.23. The molecule has 0 aromatic heterocycles. The van der Waals surface area contributed by atoms with Crippen LogP contribution in [-0.2, 0) is 10.3 Å². The lowest BCUT2D eigenvalue weighted by molar-refractivity contribution is -0.0822. The molecule has 2 atom stereocenters. The third-order valence-corrected chi connectivity index (χ3v) is 3.77. The summed E-state index contributed by atoms with van der Waals surface area (Å²) in [6.07, 6.45) is 2.07. The maximum absolute atomic E-state index is 6.10. The number of rotatable bonds is 5. The number of para-hydroxylation sites is 1. The van der Waals surface area contributed by atoms with Gasteiger partial charge in [-0.1, -0.05) is 25.1 Å². The Hall–Kier alpha value is -1.06. The zero-order chi connectivity index (χ0) is 13.7. The molecule has 1 aromatic carbocycles. The highest BCUT2D eigenvalue weighted by molar-refractivity contribution is 5.38. The maximum Gasteiger partial charge on any atom is 0.125 e. The third-order valence-electron chi connectivity index (χ3n) is 3.77. The fourth-order valence-corrected chi connectivity index (χ4v) is 2.89. The molecule has 0 aliphatic carbocycles. The van der Waals surface area contributed by atoms with Gasteiger partial charge in [0.25, 0.3) is 0 Å². The summed E-state index contributed by atoms with van der Waals surface area (Å²) in [5.74, 6) is 0.949. The second-order valence-electron chi connectivity index (χ2n) is 5.26. The molecular weight excluding hydrogens is 238 g/mol. The molecule has 0 radical (unpaired) electrons. The zero-order valence-electron chi connectivity index (χ0n) is 12.2. The second-order valence-corrected chi connectivity index (χ2v) is 5.26. The molecule has 0 amide bonds. The Labute approximate surface area is 116 Å². The van der Waals surface area contributed by atoms with Crippen molar-refractivity contribution < 1.29 is 9.47 Å². The number of hydrogen-bond acceptors (Lipinski definition) is 3. The third kappa shape index (κ3) is 3.28. The summed E-state index contributed by atoms with van der Waals surface area (Å²) in [6.45, 7) is 8.84. The summed E-state index contributed by atoms with van der Waals surface area (Å²) in [7, 11) is 0. The highest BCUT2D eigenvalue weighted by Crippen LogP contribution is 2.39. The number of hydrogen-bond donors (Lipinski definition) is 1. The molecule has 1 N–H and O–H groups in total. The van der Waals surface area contributed by atoms with Gasteiger partial charge in [0.1, 0.15) is 5.75 Å². The first-order valence-electron chi connectivity index (χ1n) is 7.29. The normalized spacial score (nSPS) is 27.2. The Kier molecular flexibility index (Phi) is 4.83. The molecule has 3 heteroatoms. The van der Waals surface area contributed by atoms with E-state index in [1.54, 1.807) is 0 Å². The van der Waals surface area contributed by atoms with E-state index in [1.165, 1.54) is 5.56 Å². The molecule has 1 heterocycles. The van der Waals surface area contributed by atoms with Gasteiger partial charge in [-0.05, 0) is 39.3 Å². The number of ether oxygens (including phenoxy) is 2. The van der Waals surface area contributed by atoms with Gasteiger partial charge >= 0.3 is 0 Å². The van der Waals surface area contributed by atoms with Crippen LogP contribution in [0.2, 0.25) is 0 Å². The fraction of sp³-hybridized carbons (Fsp3) is 0.625.